The number of nitrogens with zero attached hydrogens (tertiary/aromatic N) is 2. The number of guanidine groups is 1. The molecule has 1 aromatic carbocycles. The molecule has 1 amide bonds. The predicted molar refractivity (Wildman–Crippen MR) is 112 cm³/mol. The molecule has 2 rings (SSSR count). The fraction of sp³-hybridized carbons (Fsp3) is 0.619. The molecule has 1 saturated heterocycles. The Bertz CT molecular complexity index is 608. The van der Waals surface area contributed by atoms with Crippen molar-refractivity contribution in [3.05, 3.63) is 35.4 Å². The maximum absolute atomic E-state index is 12.1. The standard InChI is InChI=1S/C21H35N5O/c1-4-11-23-20(27)18-8-6-7-17(15-18)16-24-21(22-3)25-19-9-13-26(12-5-2)14-10-19/h6-8,15,19H,4-5,9-14,16H2,1-3H3,(H,23,27)(H2,22,24,25). The minimum Gasteiger partial charge on any atom is -0.354 e. The van der Waals surface area contributed by atoms with Gasteiger partial charge in [0.15, 0.2) is 5.96 Å². The van der Waals surface area contributed by atoms with Crippen molar-refractivity contribution >= 4 is 11.9 Å². The molecule has 1 aromatic rings. The molecule has 3 N–H and O–H groups in total. The van der Waals surface area contributed by atoms with Crippen LogP contribution in [0.25, 0.3) is 0 Å². The zero-order valence-electron chi connectivity index (χ0n) is 17.1. The van der Waals surface area contributed by atoms with E-state index in [1.54, 1.807) is 7.05 Å². The highest BCUT2D eigenvalue weighted by Gasteiger charge is 2.19. The Hall–Kier alpha value is -2.08. The number of hydrogen-bond acceptors (Lipinski definition) is 3. The first-order valence-electron chi connectivity index (χ1n) is 10.2. The Kier molecular flexibility index (Phi) is 9.11. The summed E-state index contributed by atoms with van der Waals surface area (Å²) in [7, 11) is 1.80. The highest BCUT2D eigenvalue weighted by Crippen LogP contribution is 2.10. The quantitative estimate of drug-likeness (QED) is 0.483. The van der Waals surface area contributed by atoms with Gasteiger partial charge in [0.2, 0.25) is 0 Å². The van der Waals surface area contributed by atoms with Crippen molar-refractivity contribution in [1.82, 2.24) is 20.9 Å². The van der Waals surface area contributed by atoms with Gasteiger partial charge in [-0.3, -0.25) is 9.79 Å². The predicted octanol–water partition coefficient (Wildman–Crippen LogP) is 2.37. The number of nitrogens with one attached hydrogen (secondary N) is 3. The minimum atomic E-state index is -0.0138. The second-order valence-corrected chi connectivity index (χ2v) is 7.14. The highest BCUT2D eigenvalue weighted by molar-refractivity contribution is 5.94. The molecule has 0 aliphatic carbocycles. The molecule has 1 aliphatic heterocycles. The van der Waals surface area contributed by atoms with Crippen molar-refractivity contribution in [2.45, 2.75) is 52.1 Å². The van der Waals surface area contributed by atoms with E-state index >= 15 is 0 Å². The van der Waals surface area contributed by atoms with Crippen LogP contribution in [-0.2, 0) is 6.54 Å². The summed E-state index contributed by atoms with van der Waals surface area (Å²) in [6.07, 6.45) is 4.45. The Morgan fingerprint density at radius 3 is 2.63 bits per heavy atom. The first kappa shape index (κ1) is 21.2. The van der Waals surface area contributed by atoms with E-state index < -0.39 is 0 Å². The third-order valence-electron chi connectivity index (χ3n) is 4.88. The highest BCUT2D eigenvalue weighted by atomic mass is 16.1. The lowest BCUT2D eigenvalue weighted by molar-refractivity contribution is 0.0953. The second-order valence-electron chi connectivity index (χ2n) is 7.14. The van der Waals surface area contributed by atoms with E-state index in [0.29, 0.717) is 24.7 Å². The van der Waals surface area contributed by atoms with Gasteiger partial charge >= 0.3 is 0 Å². The van der Waals surface area contributed by atoms with Crippen LogP contribution in [0.3, 0.4) is 0 Å². The van der Waals surface area contributed by atoms with Crippen LogP contribution in [0.2, 0.25) is 0 Å². The van der Waals surface area contributed by atoms with Gasteiger partial charge in [-0.1, -0.05) is 26.0 Å². The Balaban J connectivity index is 1.81. The van der Waals surface area contributed by atoms with Crippen LogP contribution in [0.15, 0.2) is 29.3 Å². The van der Waals surface area contributed by atoms with Gasteiger partial charge in [-0.05, 0) is 49.9 Å². The average Bonchev–Trinajstić information content (AvgIpc) is 2.71. The molecule has 27 heavy (non-hydrogen) atoms. The molecule has 0 bridgehead atoms. The molecule has 150 valence electrons. The first-order chi connectivity index (χ1) is 13.2. The maximum atomic E-state index is 12.1. The lowest BCUT2D eigenvalue weighted by Gasteiger charge is -2.32. The van der Waals surface area contributed by atoms with Crippen LogP contribution >= 0.6 is 0 Å². The van der Waals surface area contributed by atoms with Crippen LogP contribution in [0, 0.1) is 0 Å². The number of carbonyl (C=O) groups excluding carboxylic acids is 1. The summed E-state index contributed by atoms with van der Waals surface area (Å²) in [5.74, 6) is 0.810. The van der Waals surface area contributed by atoms with Crippen LogP contribution in [-0.4, -0.2) is 56.0 Å². The van der Waals surface area contributed by atoms with Crippen molar-refractivity contribution < 1.29 is 4.79 Å². The zero-order chi connectivity index (χ0) is 19.5. The smallest absolute Gasteiger partial charge is 0.251 e. The first-order valence-corrected chi connectivity index (χ1v) is 10.2. The van der Waals surface area contributed by atoms with Gasteiger partial charge in [0.25, 0.3) is 5.91 Å². The molecule has 0 unspecified atom stereocenters. The van der Waals surface area contributed by atoms with Gasteiger partial charge in [-0.25, -0.2) is 0 Å². The molecule has 1 aliphatic rings. The van der Waals surface area contributed by atoms with Crippen LogP contribution in [0.1, 0.15) is 55.5 Å². The molecule has 0 radical (unpaired) electrons. The van der Waals surface area contributed by atoms with Crippen molar-refractivity contribution in [2.24, 2.45) is 4.99 Å². The molecule has 6 nitrogen and oxygen atoms in total. The third-order valence-corrected chi connectivity index (χ3v) is 4.88. The van der Waals surface area contributed by atoms with E-state index in [9.17, 15) is 4.79 Å². The minimum absolute atomic E-state index is 0.0138. The lowest BCUT2D eigenvalue weighted by atomic mass is 10.1. The lowest BCUT2D eigenvalue weighted by Crippen LogP contribution is -2.48. The average molecular weight is 374 g/mol. The number of hydrogen-bond donors (Lipinski definition) is 3. The summed E-state index contributed by atoms with van der Waals surface area (Å²) in [5.41, 5.74) is 1.77. The monoisotopic (exact) mass is 373 g/mol. The number of aliphatic imine (C=N–C) groups is 1. The van der Waals surface area contributed by atoms with Gasteiger partial charge < -0.3 is 20.9 Å². The van der Waals surface area contributed by atoms with Gasteiger partial charge in [-0.15, -0.1) is 0 Å². The molecule has 1 fully saturated rings. The summed E-state index contributed by atoms with van der Waals surface area (Å²) in [6.45, 7) is 9.13. The van der Waals surface area contributed by atoms with Crippen molar-refractivity contribution in [1.29, 1.82) is 0 Å². The SMILES string of the molecule is CCCNC(=O)c1cccc(CNC(=NC)NC2CCN(CCC)CC2)c1. The van der Waals surface area contributed by atoms with Gasteiger partial charge in [0, 0.05) is 44.8 Å². The van der Waals surface area contributed by atoms with E-state index in [2.05, 4.69) is 32.8 Å². The number of piperidine rings is 1. The largest absolute Gasteiger partial charge is 0.354 e. The number of benzene rings is 1. The van der Waals surface area contributed by atoms with E-state index in [1.807, 2.05) is 31.2 Å². The molecule has 1 heterocycles. The van der Waals surface area contributed by atoms with Gasteiger partial charge in [0.05, 0.1) is 0 Å². The van der Waals surface area contributed by atoms with Crippen LogP contribution in [0.4, 0.5) is 0 Å². The maximum Gasteiger partial charge on any atom is 0.251 e. The van der Waals surface area contributed by atoms with E-state index in [-0.39, 0.29) is 5.91 Å². The van der Waals surface area contributed by atoms with Crippen LogP contribution in [0.5, 0.6) is 0 Å². The molecular formula is C21H35N5O. The molecule has 0 atom stereocenters. The summed E-state index contributed by atoms with van der Waals surface area (Å²) in [4.78, 5) is 19.0. The summed E-state index contributed by atoms with van der Waals surface area (Å²) < 4.78 is 0. The fourth-order valence-corrected chi connectivity index (χ4v) is 3.35. The van der Waals surface area contributed by atoms with E-state index in [1.165, 1.54) is 13.0 Å². The Morgan fingerprint density at radius 2 is 1.96 bits per heavy atom. The number of rotatable bonds is 8. The Labute approximate surface area is 163 Å². The summed E-state index contributed by atoms with van der Waals surface area (Å²) >= 11 is 0. The van der Waals surface area contributed by atoms with Crippen molar-refractivity contribution in [3.63, 3.8) is 0 Å². The normalized spacial score (nSPS) is 16.2. The van der Waals surface area contributed by atoms with E-state index in [0.717, 1.165) is 43.9 Å². The summed E-state index contributed by atoms with van der Waals surface area (Å²) in [5, 5.41) is 9.83. The fourth-order valence-electron chi connectivity index (χ4n) is 3.35. The Morgan fingerprint density at radius 1 is 1.19 bits per heavy atom. The number of carbonyl (C=O) groups is 1. The van der Waals surface area contributed by atoms with Gasteiger partial charge in [0.1, 0.15) is 0 Å². The topological polar surface area (TPSA) is 68.8 Å². The molecule has 6 heteroatoms. The summed E-state index contributed by atoms with van der Waals surface area (Å²) in [6, 6.07) is 8.22. The van der Waals surface area contributed by atoms with Crippen LogP contribution < -0.4 is 16.0 Å². The van der Waals surface area contributed by atoms with Crippen molar-refractivity contribution in [2.75, 3.05) is 33.2 Å². The van der Waals surface area contributed by atoms with E-state index in [4.69, 9.17) is 0 Å². The number of amides is 1. The number of likely N-dealkylation sites (tertiary alicyclic amines) is 1. The zero-order valence-corrected chi connectivity index (χ0v) is 17.1. The third kappa shape index (κ3) is 7.21. The molecule has 0 aromatic heterocycles. The van der Waals surface area contributed by atoms with Gasteiger partial charge in [-0.2, -0.15) is 0 Å². The molecule has 0 saturated carbocycles. The molecule has 0 spiro atoms. The second kappa shape index (κ2) is 11.6. The van der Waals surface area contributed by atoms with Crippen molar-refractivity contribution in [3.8, 4) is 0 Å². The molecular weight excluding hydrogens is 338 g/mol.